The van der Waals surface area contributed by atoms with Gasteiger partial charge in [0.25, 0.3) is 5.56 Å². The molecule has 90 valence electrons. The van der Waals surface area contributed by atoms with Crippen LogP contribution in [0.1, 0.15) is 32.6 Å². The van der Waals surface area contributed by atoms with Crippen molar-refractivity contribution in [3.05, 3.63) is 10.4 Å². The normalized spacial score (nSPS) is 26.5. The fourth-order valence-electron chi connectivity index (χ4n) is 2.58. The quantitative estimate of drug-likeness (QED) is 0.627. The lowest BCUT2D eigenvalue weighted by Crippen LogP contribution is -2.48. The highest BCUT2D eigenvalue weighted by Crippen LogP contribution is 2.36. The molecular formula is C11H15N5O. The van der Waals surface area contributed by atoms with Gasteiger partial charge in [0.05, 0.1) is 5.54 Å². The van der Waals surface area contributed by atoms with E-state index in [0.29, 0.717) is 11.5 Å². The summed E-state index contributed by atoms with van der Waals surface area (Å²) in [5.41, 5.74) is 6.50. The first-order valence-corrected chi connectivity index (χ1v) is 5.84. The van der Waals surface area contributed by atoms with E-state index in [9.17, 15) is 4.79 Å². The minimum atomic E-state index is -0.278. The van der Waals surface area contributed by atoms with Crippen molar-refractivity contribution in [1.29, 1.82) is 0 Å². The Morgan fingerprint density at radius 1 is 1.41 bits per heavy atom. The molecule has 6 heteroatoms. The highest BCUT2D eigenvalue weighted by atomic mass is 16.1. The van der Waals surface area contributed by atoms with Crippen LogP contribution in [0.4, 0.5) is 17.5 Å². The van der Waals surface area contributed by atoms with Crippen LogP contribution in [0.5, 0.6) is 0 Å². The van der Waals surface area contributed by atoms with Gasteiger partial charge in [0.2, 0.25) is 5.95 Å². The summed E-state index contributed by atoms with van der Waals surface area (Å²) in [7, 11) is 0. The minimum absolute atomic E-state index is 0.124. The summed E-state index contributed by atoms with van der Waals surface area (Å²) in [4.78, 5) is 22.8. The van der Waals surface area contributed by atoms with Crippen LogP contribution < -0.4 is 16.6 Å². The van der Waals surface area contributed by atoms with E-state index in [2.05, 4.69) is 27.2 Å². The van der Waals surface area contributed by atoms with Gasteiger partial charge in [0.1, 0.15) is 0 Å². The lowest BCUT2D eigenvalue weighted by molar-refractivity contribution is 0.511. The Kier molecular flexibility index (Phi) is 2.01. The Hall–Kier alpha value is -1.85. The molecule has 1 saturated carbocycles. The Morgan fingerprint density at radius 2 is 2.24 bits per heavy atom. The molecule has 1 aromatic rings. The topological polar surface area (TPSA) is 96.2 Å². The molecule has 17 heavy (non-hydrogen) atoms. The Balaban J connectivity index is 2.18. The molecule has 1 aliphatic carbocycles. The third-order valence-electron chi connectivity index (χ3n) is 3.53. The molecular weight excluding hydrogens is 218 g/mol. The van der Waals surface area contributed by atoms with Crippen molar-refractivity contribution in [1.82, 2.24) is 9.97 Å². The number of nitrogens with one attached hydrogen (secondary N) is 2. The van der Waals surface area contributed by atoms with E-state index in [-0.39, 0.29) is 17.0 Å². The lowest BCUT2D eigenvalue weighted by Gasteiger charge is -2.39. The summed E-state index contributed by atoms with van der Waals surface area (Å²) in [5.74, 6) is 0.624. The zero-order valence-corrected chi connectivity index (χ0v) is 9.71. The molecule has 0 amide bonds. The molecule has 0 spiro atoms. The number of rotatable bonds is 0. The molecule has 0 saturated heterocycles. The van der Waals surface area contributed by atoms with Gasteiger partial charge in [-0.05, 0) is 26.2 Å². The van der Waals surface area contributed by atoms with E-state index >= 15 is 0 Å². The summed E-state index contributed by atoms with van der Waals surface area (Å²) < 4.78 is 0. The Morgan fingerprint density at radius 3 is 3.06 bits per heavy atom. The molecule has 6 nitrogen and oxygen atoms in total. The van der Waals surface area contributed by atoms with Crippen molar-refractivity contribution in [2.75, 3.05) is 11.1 Å². The second-order valence-electron chi connectivity index (χ2n) is 4.87. The minimum Gasteiger partial charge on any atom is -0.369 e. The maximum Gasteiger partial charge on any atom is 0.280 e. The molecule has 0 bridgehead atoms. The average Bonchev–Trinajstić information content (AvgIpc) is 2.25. The van der Waals surface area contributed by atoms with Gasteiger partial charge in [-0.3, -0.25) is 9.78 Å². The second kappa shape index (κ2) is 3.32. The number of aromatic amines is 1. The standard InChI is InChI=1S/C11H15N5O/c1-11-5-3-2-4-6(11)13-7-8(16-11)14-10(12)15-9(7)17/h2-5H2,1H3,(H4,12,14,15,16,17). The first-order valence-electron chi connectivity index (χ1n) is 5.84. The van der Waals surface area contributed by atoms with Gasteiger partial charge in [0.15, 0.2) is 11.5 Å². The van der Waals surface area contributed by atoms with Gasteiger partial charge in [0, 0.05) is 5.71 Å². The maximum atomic E-state index is 11.7. The van der Waals surface area contributed by atoms with E-state index in [4.69, 9.17) is 5.73 Å². The Labute approximate surface area is 98.4 Å². The molecule has 1 unspecified atom stereocenters. The van der Waals surface area contributed by atoms with Crippen molar-refractivity contribution < 1.29 is 0 Å². The summed E-state index contributed by atoms with van der Waals surface area (Å²) in [6, 6.07) is 0. The first-order chi connectivity index (χ1) is 8.08. The van der Waals surface area contributed by atoms with Gasteiger partial charge in [-0.2, -0.15) is 4.98 Å². The van der Waals surface area contributed by atoms with E-state index in [1.165, 1.54) is 0 Å². The van der Waals surface area contributed by atoms with E-state index in [1.54, 1.807) is 0 Å². The number of hydrogen-bond donors (Lipinski definition) is 3. The number of aromatic nitrogens is 2. The Bertz CT molecular complexity index is 561. The van der Waals surface area contributed by atoms with Crippen molar-refractivity contribution in [3.63, 3.8) is 0 Å². The van der Waals surface area contributed by atoms with Crippen LogP contribution >= 0.6 is 0 Å². The smallest absolute Gasteiger partial charge is 0.280 e. The fourth-order valence-corrected chi connectivity index (χ4v) is 2.58. The van der Waals surface area contributed by atoms with Gasteiger partial charge >= 0.3 is 0 Å². The predicted molar refractivity (Wildman–Crippen MR) is 66.9 cm³/mol. The van der Waals surface area contributed by atoms with Crippen LogP contribution in [0.15, 0.2) is 9.79 Å². The molecule has 3 rings (SSSR count). The molecule has 4 N–H and O–H groups in total. The molecule has 2 aliphatic rings. The van der Waals surface area contributed by atoms with Crippen LogP contribution in [0.3, 0.4) is 0 Å². The monoisotopic (exact) mass is 233 g/mol. The molecule has 0 aromatic carbocycles. The van der Waals surface area contributed by atoms with Crippen molar-refractivity contribution in [2.24, 2.45) is 4.99 Å². The van der Waals surface area contributed by atoms with Gasteiger partial charge in [-0.25, -0.2) is 4.99 Å². The summed E-state index contributed by atoms with van der Waals surface area (Å²) in [6.07, 6.45) is 4.24. The maximum absolute atomic E-state index is 11.7. The number of nitrogen functional groups attached to an aromatic ring is 1. The number of nitrogens with two attached hydrogens (primary N) is 1. The van der Waals surface area contributed by atoms with Crippen molar-refractivity contribution in [3.8, 4) is 0 Å². The molecule has 1 aromatic heterocycles. The second-order valence-corrected chi connectivity index (χ2v) is 4.87. The SMILES string of the molecule is CC12CCCCC1=Nc1c(nc(N)[nH]c1=O)N2. The summed E-state index contributed by atoms with van der Waals surface area (Å²) in [6.45, 7) is 2.10. The number of aliphatic imine (C=N–C) groups is 1. The highest BCUT2D eigenvalue weighted by Gasteiger charge is 2.37. The third-order valence-corrected chi connectivity index (χ3v) is 3.53. The number of nitrogens with zero attached hydrogens (tertiary/aromatic N) is 2. The number of H-pyrrole nitrogens is 1. The molecule has 1 aliphatic heterocycles. The summed E-state index contributed by atoms with van der Waals surface area (Å²) in [5, 5.41) is 3.32. The van der Waals surface area contributed by atoms with Crippen LogP contribution in [-0.2, 0) is 0 Å². The lowest BCUT2D eigenvalue weighted by atomic mass is 9.80. The summed E-state index contributed by atoms with van der Waals surface area (Å²) >= 11 is 0. The van der Waals surface area contributed by atoms with E-state index in [1.807, 2.05) is 0 Å². The molecule has 1 fully saturated rings. The number of hydrogen-bond acceptors (Lipinski definition) is 5. The van der Waals surface area contributed by atoms with Gasteiger partial charge in [-0.15, -0.1) is 0 Å². The molecule has 1 atom stereocenters. The zero-order valence-electron chi connectivity index (χ0n) is 9.71. The molecule has 2 heterocycles. The van der Waals surface area contributed by atoms with E-state index < -0.39 is 0 Å². The average molecular weight is 233 g/mol. The van der Waals surface area contributed by atoms with Gasteiger partial charge < -0.3 is 11.1 Å². The zero-order chi connectivity index (χ0) is 12.0. The first kappa shape index (κ1) is 10.3. The highest BCUT2D eigenvalue weighted by molar-refractivity contribution is 6.01. The van der Waals surface area contributed by atoms with Crippen LogP contribution in [0, 0.1) is 0 Å². The van der Waals surface area contributed by atoms with Gasteiger partial charge in [-0.1, -0.05) is 6.42 Å². The van der Waals surface area contributed by atoms with Crippen LogP contribution in [-0.4, -0.2) is 21.2 Å². The van der Waals surface area contributed by atoms with Crippen molar-refractivity contribution in [2.45, 2.75) is 38.1 Å². The fraction of sp³-hybridized carbons (Fsp3) is 0.545. The largest absolute Gasteiger partial charge is 0.369 e. The van der Waals surface area contributed by atoms with Crippen LogP contribution in [0.2, 0.25) is 0 Å². The predicted octanol–water partition coefficient (Wildman–Crippen LogP) is 1.18. The van der Waals surface area contributed by atoms with Crippen molar-refractivity contribution >= 4 is 23.2 Å². The van der Waals surface area contributed by atoms with E-state index in [0.717, 1.165) is 31.4 Å². The third kappa shape index (κ3) is 1.51. The number of fused-ring (bicyclic) bond motifs is 2. The van der Waals surface area contributed by atoms with Crippen LogP contribution in [0.25, 0.3) is 0 Å². The molecule has 0 radical (unpaired) electrons. The number of anilines is 2.